The first-order chi connectivity index (χ1) is 13.9. The number of aromatic nitrogens is 1. The Bertz CT molecular complexity index is 1100. The van der Waals surface area contributed by atoms with Crippen LogP contribution in [0.4, 0.5) is 14.5 Å². The van der Waals surface area contributed by atoms with E-state index in [0.717, 1.165) is 17.7 Å². The Kier molecular flexibility index (Phi) is 5.29. The molecule has 0 spiro atoms. The van der Waals surface area contributed by atoms with Gasteiger partial charge in [0, 0.05) is 49.2 Å². The Labute approximate surface area is 168 Å². The van der Waals surface area contributed by atoms with Gasteiger partial charge < -0.3 is 5.32 Å². The fourth-order valence-electron chi connectivity index (χ4n) is 3.60. The molecule has 1 aliphatic heterocycles. The van der Waals surface area contributed by atoms with Gasteiger partial charge in [-0.15, -0.1) is 0 Å². The number of hydrogen-bond acceptors (Lipinski definition) is 4. The minimum absolute atomic E-state index is 0.125. The first-order valence-electron chi connectivity index (χ1n) is 9.12. The van der Waals surface area contributed by atoms with Crippen LogP contribution in [0.2, 0.25) is 0 Å². The number of benzene rings is 2. The van der Waals surface area contributed by atoms with Crippen LogP contribution in [0, 0.1) is 11.6 Å². The Hall–Kier alpha value is -2.84. The summed E-state index contributed by atoms with van der Waals surface area (Å²) in [4.78, 5) is 4.03. The number of pyridine rings is 1. The topological polar surface area (TPSA) is 62.3 Å². The van der Waals surface area contributed by atoms with E-state index in [-0.39, 0.29) is 29.9 Å². The molecule has 4 rings (SSSR count). The average Bonchev–Trinajstić information content (AvgIpc) is 3.17. The van der Waals surface area contributed by atoms with Gasteiger partial charge in [0.25, 0.3) is 0 Å². The van der Waals surface area contributed by atoms with Crippen molar-refractivity contribution in [3.63, 3.8) is 0 Å². The van der Waals surface area contributed by atoms with Gasteiger partial charge in [-0.2, -0.15) is 4.31 Å². The number of nitrogens with zero attached hydrogens (tertiary/aromatic N) is 2. The Morgan fingerprint density at radius 1 is 0.966 bits per heavy atom. The predicted molar refractivity (Wildman–Crippen MR) is 106 cm³/mol. The largest absolute Gasteiger partial charge is 0.380 e. The van der Waals surface area contributed by atoms with Crippen LogP contribution < -0.4 is 5.32 Å². The van der Waals surface area contributed by atoms with Crippen LogP contribution in [0.3, 0.4) is 0 Å². The van der Waals surface area contributed by atoms with Crippen LogP contribution in [-0.4, -0.2) is 36.8 Å². The maximum absolute atomic E-state index is 13.6. The molecule has 0 saturated carbocycles. The smallest absolute Gasteiger partial charge is 0.244 e. The predicted octanol–water partition coefficient (Wildman–Crippen LogP) is 3.63. The molecule has 29 heavy (non-hydrogen) atoms. The van der Waals surface area contributed by atoms with Crippen molar-refractivity contribution in [2.24, 2.45) is 0 Å². The molecular weight excluding hydrogens is 396 g/mol. The third-order valence-corrected chi connectivity index (χ3v) is 6.87. The molecule has 0 unspecified atom stereocenters. The lowest BCUT2D eigenvalue weighted by atomic mass is 9.94. The molecule has 0 aliphatic carbocycles. The fraction of sp³-hybridized carbons (Fsp3) is 0.190. The van der Waals surface area contributed by atoms with E-state index < -0.39 is 21.7 Å². The van der Waals surface area contributed by atoms with Crippen molar-refractivity contribution in [2.45, 2.75) is 16.9 Å². The highest BCUT2D eigenvalue weighted by Gasteiger charge is 2.40. The number of anilines is 1. The summed E-state index contributed by atoms with van der Waals surface area (Å²) in [6.07, 6.45) is 2.84. The molecule has 0 radical (unpaired) electrons. The van der Waals surface area contributed by atoms with Gasteiger partial charge in [0.05, 0.1) is 0 Å². The molecule has 1 aromatic heterocycles. The van der Waals surface area contributed by atoms with Gasteiger partial charge in [0.1, 0.15) is 4.90 Å². The lowest BCUT2D eigenvalue weighted by molar-refractivity contribution is 0.471. The van der Waals surface area contributed by atoms with Gasteiger partial charge >= 0.3 is 0 Å². The third kappa shape index (κ3) is 3.99. The van der Waals surface area contributed by atoms with Gasteiger partial charge in [-0.3, -0.25) is 4.98 Å². The van der Waals surface area contributed by atoms with Crippen LogP contribution in [0.25, 0.3) is 0 Å². The van der Waals surface area contributed by atoms with Crippen molar-refractivity contribution in [2.75, 3.05) is 18.4 Å². The maximum Gasteiger partial charge on any atom is 0.244 e. The molecular formula is C21H19F2N3O2S. The molecule has 2 aromatic carbocycles. The van der Waals surface area contributed by atoms with Crippen molar-refractivity contribution in [1.29, 1.82) is 0 Å². The van der Waals surface area contributed by atoms with E-state index in [1.807, 2.05) is 30.3 Å². The number of nitrogens with one attached hydrogen (secondary N) is 1. The highest BCUT2D eigenvalue weighted by Crippen LogP contribution is 2.33. The van der Waals surface area contributed by atoms with E-state index in [1.165, 1.54) is 28.8 Å². The van der Waals surface area contributed by atoms with Crippen LogP contribution >= 0.6 is 0 Å². The van der Waals surface area contributed by atoms with Crippen LogP contribution in [0.5, 0.6) is 0 Å². The number of sulfonamides is 1. The highest BCUT2D eigenvalue weighted by atomic mass is 32.2. The van der Waals surface area contributed by atoms with Crippen LogP contribution in [0.1, 0.15) is 11.5 Å². The third-order valence-electron chi connectivity index (χ3n) is 5.06. The lowest BCUT2D eigenvalue weighted by Crippen LogP contribution is -2.32. The van der Waals surface area contributed by atoms with E-state index in [1.54, 1.807) is 6.07 Å². The van der Waals surface area contributed by atoms with E-state index in [4.69, 9.17) is 0 Å². The Morgan fingerprint density at radius 3 is 2.45 bits per heavy atom. The van der Waals surface area contributed by atoms with Gasteiger partial charge in [-0.1, -0.05) is 30.3 Å². The van der Waals surface area contributed by atoms with Crippen molar-refractivity contribution < 1.29 is 17.2 Å². The van der Waals surface area contributed by atoms with Gasteiger partial charge in [-0.05, 0) is 29.8 Å². The van der Waals surface area contributed by atoms with Crippen molar-refractivity contribution >= 4 is 15.7 Å². The second kappa shape index (κ2) is 7.88. The second-order valence-electron chi connectivity index (χ2n) is 6.91. The molecule has 150 valence electrons. The SMILES string of the molecule is O=S(=O)(c1cccnc1)N1C[C@H](Nc2ccc(F)c(F)c2)[C@H](c2ccccc2)C1. The number of rotatable bonds is 5. The van der Waals surface area contributed by atoms with Gasteiger partial charge in [0.15, 0.2) is 11.6 Å². The quantitative estimate of drug-likeness (QED) is 0.691. The zero-order chi connectivity index (χ0) is 20.4. The highest BCUT2D eigenvalue weighted by molar-refractivity contribution is 7.89. The summed E-state index contributed by atoms with van der Waals surface area (Å²) in [5.74, 6) is -2.04. The molecule has 5 nitrogen and oxygen atoms in total. The lowest BCUT2D eigenvalue weighted by Gasteiger charge is -2.21. The van der Waals surface area contributed by atoms with Crippen LogP contribution in [0.15, 0.2) is 78.0 Å². The van der Waals surface area contributed by atoms with Crippen molar-refractivity contribution in [1.82, 2.24) is 9.29 Å². The van der Waals surface area contributed by atoms with E-state index >= 15 is 0 Å². The van der Waals surface area contributed by atoms with Crippen molar-refractivity contribution in [3.8, 4) is 0 Å². The second-order valence-corrected chi connectivity index (χ2v) is 8.85. The molecule has 2 heterocycles. The first kappa shape index (κ1) is 19.5. The van der Waals surface area contributed by atoms with Gasteiger partial charge in [0.2, 0.25) is 10.0 Å². The summed E-state index contributed by atoms with van der Waals surface area (Å²) in [5, 5.41) is 3.18. The first-order valence-corrected chi connectivity index (χ1v) is 10.6. The molecule has 1 saturated heterocycles. The molecule has 3 aromatic rings. The van der Waals surface area contributed by atoms with Gasteiger partial charge in [-0.25, -0.2) is 17.2 Å². The van der Waals surface area contributed by atoms with Crippen LogP contribution in [-0.2, 0) is 10.0 Å². The molecule has 1 N–H and O–H groups in total. The molecule has 8 heteroatoms. The summed E-state index contributed by atoms with van der Waals surface area (Å²) in [6, 6.07) is 15.9. The minimum atomic E-state index is -3.72. The summed E-state index contributed by atoms with van der Waals surface area (Å²) >= 11 is 0. The van der Waals surface area contributed by atoms with E-state index in [9.17, 15) is 17.2 Å². The van der Waals surface area contributed by atoms with E-state index in [2.05, 4.69) is 10.3 Å². The molecule has 1 fully saturated rings. The summed E-state index contributed by atoms with van der Waals surface area (Å²) in [5.41, 5.74) is 1.37. The molecule has 2 atom stereocenters. The van der Waals surface area contributed by atoms with Crippen molar-refractivity contribution in [3.05, 3.63) is 90.3 Å². The monoisotopic (exact) mass is 415 g/mol. The number of halogens is 2. The zero-order valence-electron chi connectivity index (χ0n) is 15.4. The average molecular weight is 415 g/mol. The van der Waals surface area contributed by atoms with E-state index in [0.29, 0.717) is 5.69 Å². The zero-order valence-corrected chi connectivity index (χ0v) is 16.2. The standard InChI is InChI=1S/C21H19F2N3O2S/c22-19-9-8-16(11-20(19)23)25-21-14-26(13-18(21)15-5-2-1-3-6-15)29(27,28)17-7-4-10-24-12-17/h1-12,18,21,25H,13-14H2/t18-,21-/m0/s1. The molecule has 0 amide bonds. The summed E-state index contributed by atoms with van der Waals surface area (Å²) in [6.45, 7) is 0.457. The Morgan fingerprint density at radius 2 is 1.76 bits per heavy atom. The summed E-state index contributed by atoms with van der Waals surface area (Å²) in [7, 11) is -3.72. The summed E-state index contributed by atoms with van der Waals surface area (Å²) < 4.78 is 54.4. The molecule has 1 aliphatic rings. The fourth-order valence-corrected chi connectivity index (χ4v) is 5.05. The number of hydrogen-bond donors (Lipinski definition) is 1. The normalized spacial score (nSPS) is 19.9. The Balaban J connectivity index is 1.65. The maximum atomic E-state index is 13.6. The minimum Gasteiger partial charge on any atom is -0.380 e. The molecule has 0 bridgehead atoms.